The summed E-state index contributed by atoms with van der Waals surface area (Å²) in [5.74, 6) is 0. The second-order valence-electron chi connectivity index (χ2n) is 6.96. The summed E-state index contributed by atoms with van der Waals surface area (Å²) in [6.07, 6.45) is 3.53. The minimum absolute atomic E-state index is 0.00634. The van der Waals surface area contributed by atoms with Gasteiger partial charge in [0.25, 0.3) is 0 Å². The molecule has 0 aliphatic rings. The van der Waals surface area contributed by atoms with Gasteiger partial charge >= 0.3 is 0 Å². The summed E-state index contributed by atoms with van der Waals surface area (Å²) >= 11 is 0. The Morgan fingerprint density at radius 2 is 1.58 bits per heavy atom. The molecule has 0 saturated heterocycles. The van der Waals surface area contributed by atoms with Crippen molar-refractivity contribution in [2.24, 2.45) is 0 Å². The Morgan fingerprint density at radius 1 is 0.939 bits per heavy atom. The number of benzene rings is 2. The maximum Gasteiger partial charge on any atom is 0.218 e. The topological polar surface area (TPSA) is 117 Å². The first kappa shape index (κ1) is 22.9. The van der Waals surface area contributed by atoms with E-state index in [4.69, 9.17) is 14.1 Å². The maximum atomic E-state index is 12.1. The highest BCUT2D eigenvalue weighted by molar-refractivity contribution is 5.87. The molecule has 3 aromatic heterocycles. The second-order valence-corrected chi connectivity index (χ2v) is 6.96. The minimum atomic E-state index is -0.175. The largest absolute Gasteiger partial charge is 0.464 e. The van der Waals surface area contributed by atoms with Crippen molar-refractivity contribution in [2.75, 3.05) is 14.1 Å². The number of carbonyl (C=O) groups is 1. The van der Waals surface area contributed by atoms with Gasteiger partial charge in [-0.1, -0.05) is 24.3 Å². The van der Waals surface area contributed by atoms with Gasteiger partial charge in [0.15, 0.2) is 16.5 Å². The Hall–Kier alpha value is -4.77. The van der Waals surface area contributed by atoms with Crippen LogP contribution in [0.3, 0.4) is 0 Å². The van der Waals surface area contributed by atoms with Gasteiger partial charge in [-0.25, -0.2) is 4.98 Å². The van der Waals surface area contributed by atoms with Crippen LogP contribution in [0.1, 0.15) is 5.56 Å². The minimum Gasteiger partial charge on any atom is -0.464 e. The van der Waals surface area contributed by atoms with Crippen molar-refractivity contribution in [3.05, 3.63) is 99.1 Å². The van der Waals surface area contributed by atoms with Crippen molar-refractivity contribution in [3.63, 3.8) is 0 Å². The van der Waals surface area contributed by atoms with Crippen LogP contribution in [0.15, 0.2) is 91.5 Å². The van der Waals surface area contributed by atoms with Crippen LogP contribution < -0.4 is 10.9 Å². The van der Waals surface area contributed by atoms with Crippen LogP contribution in [-0.4, -0.2) is 30.4 Å². The van der Waals surface area contributed by atoms with Gasteiger partial charge in [-0.2, -0.15) is 5.26 Å². The smallest absolute Gasteiger partial charge is 0.218 e. The number of hydrogen-bond acceptors (Lipinski definition) is 7. The number of nitriles is 1. The number of hydrogen-bond donors (Lipinski definition) is 0. The van der Waals surface area contributed by atoms with Crippen LogP contribution in [-0.2, 0) is 4.79 Å². The molecule has 0 radical (unpaired) electrons. The number of amides is 1. The number of para-hydroxylation sites is 2. The lowest BCUT2D eigenvalue weighted by atomic mass is 10.2. The average molecular weight is 441 g/mol. The van der Waals surface area contributed by atoms with Crippen LogP contribution in [0.2, 0.25) is 0 Å². The molecule has 0 bridgehead atoms. The van der Waals surface area contributed by atoms with Gasteiger partial charge in [0, 0.05) is 32.4 Å². The number of carbonyl (C=O) groups excluding carboxylic acids is 1. The summed E-state index contributed by atoms with van der Waals surface area (Å²) < 4.78 is 10.6. The van der Waals surface area contributed by atoms with Crippen LogP contribution in [0.4, 0.5) is 0 Å². The number of aromatic nitrogens is 1. The molecule has 164 valence electrons. The van der Waals surface area contributed by atoms with E-state index < -0.39 is 0 Å². The SMILES string of the molecule is CN(C)C=O.N#Cc1cnc2c(=O)c3ccccc3oc2c1.O=c1ccoc2ccccc12. The fourth-order valence-electron chi connectivity index (χ4n) is 2.78. The molecular formula is C25H19N3O5. The lowest BCUT2D eigenvalue weighted by Gasteiger charge is -1.99. The van der Waals surface area contributed by atoms with E-state index in [0.29, 0.717) is 33.1 Å². The van der Waals surface area contributed by atoms with E-state index >= 15 is 0 Å². The molecule has 0 unspecified atom stereocenters. The Balaban J connectivity index is 0.000000164. The third kappa shape index (κ3) is 5.48. The van der Waals surface area contributed by atoms with Gasteiger partial charge in [0.05, 0.1) is 22.6 Å². The number of rotatable bonds is 1. The standard InChI is InChI=1S/C13H6N2O2.C9H6O2.C3H7NO/c14-6-8-5-11-12(15-7-8)13(16)9-3-1-2-4-10(9)17-11;10-8-5-6-11-9-4-2-1-3-7(8)9;1-4(2)3-5/h1-5,7H;1-6H;3H,1-2H3. The van der Waals surface area contributed by atoms with Crippen molar-refractivity contribution in [3.8, 4) is 6.07 Å². The van der Waals surface area contributed by atoms with Crippen LogP contribution >= 0.6 is 0 Å². The highest BCUT2D eigenvalue weighted by Crippen LogP contribution is 2.17. The van der Waals surface area contributed by atoms with Crippen molar-refractivity contribution in [1.29, 1.82) is 5.26 Å². The van der Waals surface area contributed by atoms with E-state index in [1.54, 1.807) is 50.5 Å². The highest BCUT2D eigenvalue weighted by Gasteiger charge is 2.08. The molecular weight excluding hydrogens is 422 g/mol. The summed E-state index contributed by atoms with van der Waals surface area (Å²) in [5, 5.41) is 9.90. The Labute approximate surface area is 187 Å². The molecule has 0 atom stereocenters. The fraction of sp³-hybridized carbons (Fsp3) is 0.0800. The van der Waals surface area contributed by atoms with E-state index in [9.17, 15) is 14.4 Å². The molecule has 0 saturated carbocycles. The highest BCUT2D eigenvalue weighted by atomic mass is 16.3. The predicted octanol–water partition coefficient (Wildman–Crippen LogP) is 3.71. The van der Waals surface area contributed by atoms with Gasteiger partial charge in [0.2, 0.25) is 11.8 Å². The third-order valence-electron chi connectivity index (χ3n) is 4.33. The molecule has 0 aliphatic heterocycles. The van der Waals surface area contributed by atoms with Gasteiger partial charge in [-0.15, -0.1) is 0 Å². The van der Waals surface area contributed by atoms with Crippen LogP contribution in [0.25, 0.3) is 33.0 Å². The van der Waals surface area contributed by atoms with Crippen LogP contribution in [0.5, 0.6) is 0 Å². The summed E-state index contributed by atoms with van der Waals surface area (Å²) in [7, 11) is 3.38. The normalized spacial score (nSPS) is 9.85. The molecule has 0 spiro atoms. The van der Waals surface area contributed by atoms with Gasteiger partial charge in [-0.3, -0.25) is 14.4 Å². The van der Waals surface area contributed by atoms with Crippen molar-refractivity contribution < 1.29 is 13.6 Å². The van der Waals surface area contributed by atoms with Gasteiger partial charge in [-0.05, 0) is 24.3 Å². The second kappa shape index (κ2) is 10.5. The molecule has 0 aliphatic carbocycles. The Kier molecular flexibility index (Phi) is 7.29. The lowest BCUT2D eigenvalue weighted by molar-refractivity contribution is -0.115. The molecule has 5 rings (SSSR count). The first-order chi connectivity index (χ1) is 15.9. The molecule has 33 heavy (non-hydrogen) atoms. The molecule has 8 nitrogen and oxygen atoms in total. The third-order valence-corrected chi connectivity index (χ3v) is 4.33. The maximum absolute atomic E-state index is 12.1. The van der Waals surface area contributed by atoms with Crippen molar-refractivity contribution in [2.45, 2.75) is 0 Å². The number of pyridine rings is 1. The zero-order valence-corrected chi connectivity index (χ0v) is 17.9. The molecule has 8 heteroatoms. The Bertz CT molecular complexity index is 1570. The summed E-state index contributed by atoms with van der Waals surface area (Å²) in [6.45, 7) is 0. The van der Waals surface area contributed by atoms with E-state index in [2.05, 4.69) is 4.98 Å². The quantitative estimate of drug-likeness (QED) is 0.287. The molecule has 0 N–H and O–H groups in total. The molecule has 1 amide bonds. The number of fused-ring (bicyclic) bond motifs is 3. The monoisotopic (exact) mass is 441 g/mol. The summed E-state index contributed by atoms with van der Waals surface area (Å²) in [5.41, 5.74) is 1.94. The molecule has 2 aromatic carbocycles. The van der Waals surface area contributed by atoms with E-state index in [1.165, 1.54) is 29.5 Å². The molecule has 0 fully saturated rings. The first-order valence-corrected chi connectivity index (χ1v) is 9.74. The molecule has 3 heterocycles. The van der Waals surface area contributed by atoms with Crippen molar-refractivity contribution >= 4 is 39.4 Å². The zero-order valence-electron chi connectivity index (χ0n) is 17.9. The first-order valence-electron chi connectivity index (χ1n) is 9.74. The summed E-state index contributed by atoms with van der Waals surface area (Å²) in [6, 6.07) is 19.1. The Morgan fingerprint density at radius 3 is 2.21 bits per heavy atom. The van der Waals surface area contributed by atoms with Gasteiger partial charge in [0.1, 0.15) is 17.2 Å². The van der Waals surface area contributed by atoms with E-state index in [0.717, 1.165) is 6.41 Å². The van der Waals surface area contributed by atoms with Crippen molar-refractivity contribution in [1.82, 2.24) is 9.88 Å². The predicted molar refractivity (Wildman–Crippen MR) is 125 cm³/mol. The van der Waals surface area contributed by atoms with E-state index in [1.807, 2.05) is 18.2 Å². The zero-order chi connectivity index (χ0) is 23.8. The average Bonchev–Trinajstić information content (AvgIpc) is 2.85. The lowest BCUT2D eigenvalue weighted by Crippen LogP contribution is -2.06. The van der Waals surface area contributed by atoms with Gasteiger partial charge < -0.3 is 13.7 Å². The fourth-order valence-corrected chi connectivity index (χ4v) is 2.78. The van der Waals surface area contributed by atoms with E-state index in [-0.39, 0.29) is 16.4 Å². The summed E-state index contributed by atoms with van der Waals surface area (Å²) in [4.78, 5) is 38.0. The van der Waals surface area contributed by atoms with Crippen LogP contribution in [0, 0.1) is 11.3 Å². The molecule has 5 aromatic rings. The number of nitrogens with zero attached hydrogens (tertiary/aromatic N) is 3.